The molecule has 0 saturated carbocycles. The predicted molar refractivity (Wildman–Crippen MR) is 16.5 cm³/mol. The van der Waals surface area contributed by atoms with Crippen LogP contribution in [0.3, 0.4) is 0 Å². The van der Waals surface area contributed by atoms with Crippen molar-refractivity contribution >= 4 is 0 Å². The van der Waals surface area contributed by atoms with E-state index in [-0.39, 0.29) is 5.34 Å². The molecule has 0 bridgehead atoms. The van der Waals surface area contributed by atoms with Crippen molar-refractivity contribution in [2.75, 3.05) is 7.11 Å². The fourth-order valence-electron chi connectivity index (χ4n) is 0. The fraction of sp³-hybridized carbons (Fsp3) is 1.00. The van der Waals surface area contributed by atoms with Crippen LogP contribution < -0.4 is 0 Å². The van der Waals surface area contributed by atoms with Gasteiger partial charge in [-0.05, 0) is 0 Å². The molecule has 0 rings (SSSR count). The van der Waals surface area contributed by atoms with E-state index in [1.54, 1.807) is 0 Å². The zero-order chi connectivity index (χ0) is 4.28. The Morgan fingerprint density at radius 1 is 2.00 bits per heavy atom. The van der Waals surface area contributed by atoms with Crippen LogP contribution in [0.5, 0.6) is 0 Å². The second-order valence-corrected chi connectivity index (χ2v) is 0.440. The molecule has 4 nitrogen and oxygen atoms in total. The van der Waals surface area contributed by atoms with E-state index in [0.717, 1.165) is 7.11 Å². The molecule has 0 fully saturated rings. The van der Waals surface area contributed by atoms with Gasteiger partial charge in [-0.2, -0.15) is 0 Å². The molecule has 0 spiro atoms. The summed E-state index contributed by atoms with van der Waals surface area (Å²) in [4.78, 5) is 3.69. The van der Waals surface area contributed by atoms with Crippen LogP contribution in [0.2, 0.25) is 0 Å². The molecule has 32 valence electrons. The minimum absolute atomic E-state index is 0.375. The van der Waals surface area contributed by atoms with Gasteiger partial charge in [0.2, 0.25) is 0 Å². The average Bonchev–Trinajstić information content (AvgIpc) is 1.38. The normalized spacial score (nSPS) is 9.60. The number of hydrogen-bond acceptors (Lipinski definition) is 3. The first-order valence-corrected chi connectivity index (χ1v) is 0.997. The van der Waals surface area contributed by atoms with Gasteiger partial charge in [0.25, 0.3) is 0 Å². The molecule has 4 heteroatoms. The van der Waals surface area contributed by atoms with Crippen molar-refractivity contribution in [3.8, 4) is 0 Å². The predicted octanol–water partition coefficient (Wildman–Crippen LogP) is 0.315. The Hall–Kier alpha value is -0.160. The molecule has 0 aromatic carbocycles. The Balaban J connectivity index is 2.54. The number of nitrogens with zero attached hydrogens (tertiary/aromatic N) is 1. The summed E-state index contributed by atoms with van der Waals surface area (Å²) < 4.78 is 0. The highest BCUT2D eigenvalue weighted by Gasteiger charge is 1.47. The van der Waals surface area contributed by atoms with Crippen LogP contribution in [0.4, 0.5) is 0 Å². The minimum Gasteiger partial charge on any atom is -0.780 e. The maximum Gasteiger partial charge on any atom is 0.0543 e. The average molecular weight is 76.1 g/mol. The minimum atomic E-state index is -0.375. The van der Waals surface area contributed by atoms with Crippen LogP contribution in [0, 0.1) is 5.21 Å². The monoisotopic (exact) mass is 76.0 g/mol. The summed E-state index contributed by atoms with van der Waals surface area (Å²) in [5.74, 6) is 5.88. The lowest BCUT2D eigenvalue weighted by Gasteiger charge is -2.28. The maximum absolute atomic E-state index is 9.17. The highest BCUT2D eigenvalue weighted by atomic mass is 16.9. The van der Waals surface area contributed by atoms with E-state index in [1.165, 1.54) is 0 Å². The van der Waals surface area contributed by atoms with Crippen molar-refractivity contribution < 1.29 is 4.84 Å². The third kappa shape index (κ3) is 3.84. The Morgan fingerprint density at radius 2 is 2.20 bits per heavy atom. The molecule has 0 saturated heterocycles. The van der Waals surface area contributed by atoms with Crippen LogP contribution in [0.1, 0.15) is 0 Å². The van der Waals surface area contributed by atoms with Crippen LogP contribution >= 0.6 is 0 Å². The van der Waals surface area contributed by atoms with Crippen LogP contribution in [0.25, 0.3) is 5.84 Å². The molecule has 0 aliphatic carbocycles. The van der Waals surface area contributed by atoms with Gasteiger partial charge in [-0.25, -0.2) is 0 Å². The molecule has 5 heavy (non-hydrogen) atoms. The van der Waals surface area contributed by atoms with Crippen molar-refractivity contribution in [2.45, 2.75) is 0 Å². The van der Waals surface area contributed by atoms with E-state index in [0.29, 0.717) is 0 Å². The molecule has 0 heterocycles. The van der Waals surface area contributed by atoms with Gasteiger partial charge >= 0.3 is 0 Å². The fourth-order valence-corrected chi connectivity index (χ4v) is 0. The summed E-state index contributed by atoms with van der Waals surface area (Å²) in [6.45, 7) is 0. The maximum atomic E-state index is 9.17. The lowest BCUT2D eigenvalue weighted by atomic mass is 11.7. The highest BCUT2D eigenvalue weighted by molar-refractivity contribution is 4.32. The van der Waals surface area contributed by atoms with Gasteiger partial charge < -0.3 is 21.2 Å². The number of rotatable bonds is 1. The first-order chi connectivity index (χ1) is 2.27. The largest absolute Gasteiger partial charge is 0.780 e. The molecule has 0 amide bonds. The van der Waals surface area contributed by atoms with Gasteiger partial charge in [0.15, 0.2) is 0 Å². The van der Waals surface area contributed by atoms with E-state index >= 15 is 0 Å². The lowest BCUT2D eigenvalue weighted by Crippen LogP contribution is -1.99. The summed E-state index contributed by atoms with van der Waals surface area (Å²) in [7, 11) is 1.12. The summed E-state index contributed by atoms with van der Waals surface area (Å²) in [6.07, 6.45) is 0. The van der Waals surface area contributed by atoms with Crippen molar-refractivity contribution in [3.05, 3.63) is 11.0 Å². The van der Waals surface area contributed by atoms with Crippen molar-refractivity contribution in [1.29, 1.82) is 0 Å². The topological polar surface area (TPSA) is 59.3 Å². The van der Waals surface area contributed by atoms with Gasteiger partial charge in [-0.15, -0.1) is 0 Å². The van der Waals surface area contributed by atoms with Gasteiger partial charge in [-0.1, -0.05) is 0 Å². The third-order valence-corrected chi connectivity index (χ3v) is 0.166. The summed E-state index contributed by atoms with van der Waals surface area (Å²) >= 11 is 0. The van der Waals surface area contributed by atoms with E-state index in [9.17, 15) is 5.21 Å². The lowest BCUT2D eigenvalue weighted by molar-refractivity contribution is -0.0434. The molecule has 0 aromatic heterocycles. The summed E-state index contributed by atoms with van der Waals surface area (Å²) in [5.41, 5.74) is 0. The Kier molecular flexibility index (Phi) is 2.03. The highest BCUT2D eigenvalue weighted by Crippen LogP contribution is 1.74. The second-order valence-electron chi connectivity index (χ2n) is 0.440. The second kappa shape index (κ2) is 2.10. The molecule has 1 N–H and O–H groups in total. The molecule has 0 aromatic rings. The Bertz CT molecular complexity index is 21.6. The van der Waals surface area contributed by atoms with Gasteiger partial charge in [0, 0.05) is 0 Å². The zero-order valence-corrected chi connectivity index (χ0v) is 2.76. The molecular weight excluding hydrogens is 72.0 g/mol. The molecule has 0 radical (unpaired) electrons. The van der Waals surface area contributed by atoms with Gasteiger partial charge in [0.05, 0.1) is 7.11 Å². The number of nitrogens with one attached hydrogen (secondary N) is 1. The van der Waals surface area contributed by atoms with Crippen molar-refractivity contribution in [1.82, 2.24) is 5.34 Å². The van der Waals surface area contributed by atoms with Crippen molar-refractivity contribution in [2.24, 2.45) is 0 Å². The zero-order valence-electron chi connectivity index (χ0n) is 2.76. The molecule has 0 aliphatic heterocycles. The standard InChI is InChI=1S/CH4N2O2/c1-5-3(2)4/h2H,1H3/q-2. The first kappa shape index (κ1) is 4.84. The van der Waals surface area contributed by atoms with Gasteiger partial charge in [-0.3, -0.25) is 0 Å². The molecular formula is CH4N2O2-2. The SMILES string of the molecule is CON([NH-])[O-]. The van der Waals surface area contributed by atoms with E-state index < -0.39 is 0 Å². The van der Waals surface area contributed by atoms with Crippen molar-refractivity contribution in [3.63, 3.8) is 0 Å². The number of hydrogen-bond donors (Lipinski definition) is 0. The first-order valence-electron chi connectivity index (χ1n) is 0.997. The third-order valence-electron chi connectivity index (χ3n) is 0.166. The van der Waals surface area contributed by atoms with Crippen LogP contribution in [0.15, 0.2) is 0 Å². The molecule has 0 unspecified atom stereocenters. The quantitative estimate of drug-likeness (QED) is 0.422. The Morgan fingerprint density at radius 3 is 2.20 bits per heavy atom. The summed E-state index contributed by atoms with van der Waals surface area (Å²) in [5, 5.41) is 8.80. The molecule has 0 aliphatic rings. The van der Waals surface area contributed by atoms with Crippen LogP contribution in [-0.2, 0) is 4.84 Å². The van der Waals surface area contributed by atoms with E-state index in [4.69, 9.17) is 5.84 Å². The molecule has 0 atom stereocenters. The Labute approximate surface area is 29.6 Å². The van der Waals surface area contributed by atoms with E-state index in [1.807, 2.05) is 0 Å². The smallest absolute Gasteiger partial charge is 0.0543 e. The summed E-state index contributed by atoms with van der Waals surface area (Å²) in [6, 6.07) is 0. The van der Waals surface area contributed by atoms with E-state index in [2.05, 4.69) is 4.84 Å². The van der Waals surface area contributed by atoms with Gasteiger partial charge in [0.1, 0.15) is 0 Å². The van der Waals surface area contributed by atoms with Crippen LogP contribution in [-0.4, -0.2) is 12.4 Å².